The minimum atomic E-state index is -3.51. The van der Waals surface area contributed by atoms with E-state index in [2.05, 4.69) is 9.97 Å². The zero-order chi connectivity index (χ0) is 22.4. The van der Waals surface area contributed by atoms with Crippen LogP contribution in [0.1, 0.15) is 34.8 Å². The normalized spacial score (nSPS) is 11.3. The molecule has 29 heavy (non-hydrogen) atoms. The highest BCUT2D eigenvalue weighted by molar-refractivity contribution is 7.91. The van der Waals surface area contributed by atoms with Crippen LogP contribution < -0.4 is 11.5 Å². The van der Waals surface area contributed by atoms with E-state index in [9.17, 15) is 26.4 Å². The van der Waals surface area contributed by atoms with Gasteiger partial charge in [0.25, 0.3) is 11.8 Å². The molecule has 4 N–H and O–H groups in total. The first-order valence-corrected chi connectivity index (χ1v) is 11.7. The van der Waals surface area contributed by atoms with Crippen molar-refractivity contribution in [1.29, 1.82) is 0 Å². The van der Waals surface area contributed by atoms with Gasteiger partial charge in [-0.1, -0.05) is 25.4 Å². The van der Waals surface area contributed by atoms with Gasteiger partial charge in [-0.2, -0.15) is 0 Å². The van der Waals surface area contributed by atoms with E-state index in [-0.39, 0.29) is 37.8 Å². The number of nitrogens with two attached hydrogens (primary N) is 2. The molecule has 0 aromatic carbocycles. The molecule has 0 fully saturated rings. The SMILES string of the molecule is CCS(=O)(=O)c1ccc(Cl)nc1C(N)=O.CCS(=O)(=O)c1cccnc1C(N)=O. The molecule has 0 spiro atoms. The van der Waals surface area contributed by atoms with Crippen LogP contribution in [0.2, 0.25) is 5.15 Å². The van der Waals surface area contributed by atoms with Crippen LogP contribution >= 0.6 is 11.6 Å². The lowest BCUT2D eigenvalue weighted by molar-refractivity contribution is 0.0984. The van der Waals surface area contributed by atoms with E-state index in [4.69, 9.17) is 23.1 Å². The zero-order valence-electron chi connectivity index (χ0n) is 15.5. The topological polar surface area (TPSA) is 180 Å². The van der Waals surface area contributed by atoms with E-state index in [0.717, 1.165) is 0 Å². The molecule has 2 aromatic heterocycles. The monoisotopic (exact) mass is 462 g/mol. The molecule has 158 valence electrons. The second kappa shape index (κ2) is 9.76. The summed E-state index contributed by atoms with van der Waals surface area (Å²) < 4.78 is 46.1. The lowest BCUT2D eigenvalue weighted by atomic mass is 10.3. The van der Waals surface area contributed by atoms with Gasteiger partial charge < -0.3 is 11.5 Å². The molecular weight excluding hydrogens is 444 g/mol. The number of halogens is 1. The van der Waals surface area contributed by atoms with Gasteiger partial charge in [-0.15, -0.1) is 0 Å². The number of amides is 2. The van der Waals surface area contributed by atoms with Gasteiger partial charge >= 0.3 is 0 Å². The fraction of sp³-hybridized carbons (Fsp3) is 0.250. The Hall–Kier alpha value is -2.57. The molecule has 2 heterocycles. The first kappa shape index (κ1) is 24.5. The zero-order valence-corrected chi connectivity index (χ0v) is 17.9. The van der Waals surface area contributed by atoms with Gasteiger partial charge in [0.15, 0.2) is 19.7 Å². The third-order valence-electron chi connectivity index (χ3n) is 3.49. The van der Waals surface area contributed by atoms with Crippen LogP contribution in [-0.4, -0.2) is 50.1 Å². The minimum absolute atomic E-state index is 0.0267. The summed E-state index contributed by atoms with van der Waals surface area (Å²) in [5, 5.41) is 0.0267. The molecule has 0 atom stereocenters. The second-order valence-electron chi connectivity index (χ2n) is 5.37. The van der Waals surface area contributed by atoms with E-state index in [1.807, 2.05) is 0 Å². The summed E-state index contributed by atoms with van der Waals surface area (Å²) in [6.07, 6.45) is 1.33. The van der Waals surface area contributed by atoms with Gasteiger partial charge in [0.1, 0.15) is 16.5 Å². The van der Waals surface area contributed by atoms with Crippen LogP contribution in [-0.2, 0) is 19.7 Å². The molecule has 0 aliphatic rings. The molecular formula is C16H19ClN4O6S2. The fourth-order valence-corrected chi connectivity index (χ4v) is 4.21. The van der Waals surface area contributed by atoms with Crippen molar-refractivity contribution in [3.63, 3.8) is 0 Å². The van der Waals surface area contributed by atoms with Crippen molar-refractivity contribution >= 4 is 43.1 Å². The van der Waals surface area contributed by atoms with Crippen LogP contribution in [0.4, 0.5) is 0 Å². The Morgan fingerprint density at radius 3 is 1.83 bits per heavy atom. The second-order valence-corrected chi connectivity index (χ2v) is 10.2. The molecule has 0 radical (unpaired) electrons. The van der Waals surface area contributed by atoms with Crippen molar-refractivity contribution in [3.05, 3.63) is 47.0 Å². The summed E-state index contributed by atoms with van der Waals surface area (Å²) in [5.41, 5.74) is 9.50. The summed E-state index contributed by atoms with van der Waals surface area (Å²) in [7, 11) is -6.95. The lowest BCUT2D eigenvalue weighted by Crippen LogP contribution is -2.19. The van der Waals surface area contributed by atoms with E-state index >= 15 is 0 Å². The van der Waals surface area contributed by atoms with E-state index in [1.165, 1.54) is 44.3 Å². The first-order valence-electron chi connectivity index (χ1n) is 8.04. The van der Waals surface area contributed by atoms with Crippen molar-refractivity contribution in [3.8, 4) is 0 Å². The molecule has 2 rings (SSSR count). The Morgan fingerprint density at radius 1 is 0.897 bits per heavy atom. The highest BCUT2D eigenvalue weighted by Gasteiger charge is 2.21. The smallest absolute Gasteiger partial charge is 0.268 e. The first-order chi connectivity index (χ1) is 13.4. The Labute approximate surface area is 173 Å². The number of carbonyl (C=O) groups is 2. The Balaban J connectivity index is 0.000000291. The highest BCUT2D eigenvalue weighted by Crippen LogP contribution is 2.18. The molecule has 0 unspecified atom stereocenters. The van der Waals surface area contributed by atoms with Crippen LogP contribution in [0.25, 0.3) is 0 Å². The molecule has 10 nitrogen and oxygen atoms in total. The Bertz CT molecular complexity index is 1130. The molecule has 0 aliphatic carbocycles. The summed E-state index contributed by atoms with van der Waals surface area (Å²) in [6, 6.07) is 5.31. The van der Waals surface area contributed by atoms with Crippen molar-refractivity contribution in [1.82, 2.24) is 9.97 Å². The molecule has 0 saturated carbocycles. The van der Waals surface area contributed by atoms with Crippen molar-refractivity contribution in [2.75, 3.05) is 11.5 Å². The number of hydrogen-bond acceptors (Lipinski definition) is 8. The van der Waals surface area contributed by atoms with Gasteiger partial charge in [0, 0.05) is 6.20 Å². The van der Waals surface area contributed by atoms with Crippen LogP contribution in [0.3, 0.4) is 0 Å². The summed E-state index contributed by atoms with van der Waals surface area (Å²) >= 11 is 5.54. The number of rotatable bonds is 6. The summed E-state index contributed by atoms with van der Waals surface area (Å²) in [5.74, 6) is -1.96. The predicted molar refractivity (Wildman–Crippen MR) is 106 cm³/mol. The number of hydrogen-bond donors (Lipinski definition) is 2. The highest BCUT2D eigenvalue weighted by atomic mass is 35.5. The number of aromatic nitrogens is 2. The molecule has 2 amide bonds. The van der Waals surface area contributed by atoms with Gasteiger partial charge in [-0.05, 0) is 24.3 Å². The number of primary amides is 2. The Kier molecular flexibility index (Phi) is 8.24. The van der Waals surface area contributed by atoms with Crippen molar-refractivity contribution in [2.24, 2.45) is 11.5 Å². The maximum atomic E-state index is 11.5. The van der Waals surface area contributed by atoms with E-state index < -0.39 is 31.5 Å². The molecule has 0 saturated heterocycles. The largest absolute Gasteiger partial charge is 0.364 e. The van der Waals surface area contributed by atoms with Gasteiger partial charge in [0.05, 0.1) is 21.3 Å². The maximum absolute atomic E-state index is 11.5. The molecule has 0 bridgehead atoms. The quantitative estimate of drug-likeness (QED) is 0.585. The molecule has 0 aliphatic heterocycles. The summed E-state index contributed by atoms with van der Waals surface area (Å²) in [6.45, 7) is 2.96. The number of carbonyl (C=O) groups excluding carboxylic acids is 2. The third kappa shape index (κ3) is 6.21. The maximum Gasteiger partial charge on any atom is 0.268 e. The van der Waals surface area contributed by atoms with Crippen molar-refractivity contribution in [2.45, 2.75) is 23.6 Å². The number of sulfone groups is 2. The van der Waals surface area contributed by atoms with Gasteiger partial charge in [0.2, 0.25) is 0 Å². The van der Waals surface area contributed by atoms with Crippen LogP contribution in [0.5, 0.6) is 0 Å². The standard InChI is InChI=1S/C8H9ClN2O3S.C8H10N2O3S/c1-2-15(13,14)5-3-4-6(9)11-7(5)8(10)12;1-2-14(12,13)6-4-3-5-10-7(6)8(9)11/h3-4H,2H2,1H3,(H2,10,12);3-5H,2H2,1H3,(H2,9,11). The van der Waals surface area contributed by atoms with Crippen LogP contribution in [0, 0.1) is 0 Å². The van der Waals surface area contributed by atoms with E-state index in [1.54, 1.807) is 0 Å². The Morgan fingerprint density at radius 2 is 1.38 bits per heavy atom. The van der Waals surface area contributed by atoms with Crippen LogP contribution in [0.15, 0.2) is 40.3 Å². The average molecular weight is 463 g/mol. The van der Waals surface area contributed by atoms with Gasteiger partial charge in [-0.3, -0.25) is 9.59 Å². The predicted octanol–water partition coefficient (Wildman–Crippen LogP) is 0.602. The molecule has 13 heteroatoms. The minimum Gasteiger partial charge on any atom is -0.364 e. The summed E-state index contributed by atoms with van der Waals surface area (Å²) in [4.78, 5) is 28.8. The third-order valence-corrected chi connectivity index (χ3v) is 7.22. The number of nitrogens with zero attached hydrogens (tertiary/aromatic N) is 2. The fourth-order valence-electron chi connectivity index (χ4n) is 1.99. The average Bonchev–Trinajstić information content (AvgIpc) is 2.68. The van der Waals surface area contributed by atoms with Crippen molar-refractivity contribution < 1.29 is 26.4 Å². The number of pyridine rings is 2. The van der Waals surface area contributed by atoms with Gasteiger partial charge in [-0.25, -0.2) is 26.8 Å². The molecule has 2 aromatic rings. The van der Waals surface area contributed by atoms with E-state index in [0.29, 0.717) is 0 Å². The lowest BCUT2D eigenvalue weighted by Gasteiger charge is -2.05.